The third-order valence-electron chi connectivity index (χ3n) is 2.41. The van der Waals surface area contributed by atoms with Crippen molar-refractivity contribution in [2.75, 3.05) is 13.7 Å². The van der Waals surface area contributed by atoms with Crippen LogP contribution in [0.4, 0.5) is 0 Å². The summed E-state index contributed by atoms with van der Waals surface area (Å²) in [6, 6.07) is 0. The van der Waals surface area contributed by atoms with Gasteiger partial charge < -0.3 is 14.6 Å². The van der Waals surface area contributed by atoms with Gasteiger partial charge in [-0.25, -0.2) is 0 Å². The molecule has 0 atom stereocenters. The molecule has 3 nitrogen and oxygen atoms in total. The molecule has 3 heteroatoms. The molecule has 0 spiro atoms. The van der Waals surface area contributed by atoms with Crippen LogP contribution in [-0.4, -0.2) is 30.7 Å². The largest absolute Gasteiger partial charge is 0.400 e. The van der Waals surface area contributed by atoms with Crippen molar-refractivity contribution < 1.29 is 14.6 Å². The van der Waals surface area contributed by atoms with Crippen LogP contribution < -0.4 is 0 Å². The smallest absolute Gasteiger partial charge is 0.128 e. The summed E-state index contributed by atoms with van der Waals surface area (Å²) in [6.45, 7) is 2.73. The van der Waals surface area contributed by atoms with Crippen molar-refractivity contribution in [3.05, 3.63) is 0 Å². The quantitative estimate of drug-likeness (QED) is 0.560. The first-order valence-corrected chi connectivity index (χ1v) is 3.73. The molecule has 0 amide bonds. The fourth-order valence-corrected chi connectivity index (χ4v) is 2.08. The molecule has 2 aliphatic heterocycles. The van der Waals surface area contributed by atoms with Crippen LogP contribution in [0.1, 0.15) is 19.8 Å². The number of aldehydes is 1. The number of fused-ring (bicyclic) bond motifs is 1. The predicted molar refractivity (Wildman–Crippen MR) is 40.2 cm³/mol. The summed E-state index contributed by atoms with van der Waals surface area (Å²) in [5, 5.41) is 7.00. The fourth-order valence-electron chi connectivity index (χ4n) is 2.08. The molecule has 3 aliphatic rings. The van der Waals surface area contributed by atoms with Crippen molar-refractivity contribution in [1.82, 2.24) is 0 Å². The number of hydrogen-bond acceptors (Lipinski definition) is 3. The number of ether oxygens (including phenoxy) is 1. The van der Waals surface area contributed by atoms with Crippen molar-refractivity contribution in [2.24, 2.45) is 5.41 Å². The Labute approximate surface area is 66.4 Å². The van der Waals surface area contributed by atoms with Crippen molar-refractivity contribution in [1.29, 1.82) is 0 Å². The van der Waals surface area contributed by atoms with Crippen LogP contribution in [0.15, 0.2) is 0 Å². The Hall–Kier alpha value is -0.410. The van der Waals surface area contributed by atoms with Gasteiger partial charge in [0, 0.05) is 7.11 Å². The highest BCUT2D eigenvalue weighted by Gasteiger charge is 2.59. The predicted octanol–water partition coefficient (Wildman–Crippen LogP) is 0.363. The molecule has 1 aliphatic carbocycles. The second kappa shape index (κ2) is 2.57. The second-order valence-corrected chi connectivity index (χ2v) is 3.57. The standard InChI is InChI=1S/C7H10O2.CH4O/c1-6-2-7(3-6,4-8)5-9-6;1-2/h4H,2-3,5H2,1H3;2H,1H3. The van der Waals surface area contributed by atoms with Crippen LogP contribution in [0.3, 0.4) is 0 Å². The molecule has 2 heterocycles. The molecular formula is C8H14O3. The molecule has 0 aromatic carbocycles. The number of carbonyl (C=O) groups is 1. The topological polar surface area (TPSA) is 46.5 Å². The first kappa shape index (κ1) is 8.68. The van der Waals surface area contributed by atoms with Crippen molar-refractivity contribution in [3.63, 3.8) is 0 Å². The van der Waals surface area contributed by atoms with Crippen molar-refractivity contribution in [3.8, 4) is 0 Å². The number of aliphatic hydroxyl groups is 1. The Kier molecular flexibility index (Phi) is 2.03. The lowest BCUT2D eigenvalue weighted by Gasteiger charge is -2.38. The molecule has 0 aromatic rings. The van der Waals surface area contributed by atoms with Gasteiger partial charge in [-0.2, -0.15) is 0 Å². The van der Waals surface area contributed by atoms with Gasteiger partial charge in [-0.1, -0.05) is 0 Å². The van der Waals surface area contributed by atoms with Crippen LogP contribution in [0, 0.1) is 5.41 Å². The van der Waals surface area contributed by atoms with Gasteiger partial charge in [-0.05, 0) is 19.8 Å². The molecule has 1 saturated carbocycles. The first-order chi connectivity index (χ1) is 5.18. The maximum atomic E-state index is 10.4. The zero-order chi connectivity index (χ0) is 8.54. The Bertz CT molecular complexity index is 159. The monoisotopic (exact) mass is 158 g/mol. The summed E-state index contributed by atoms with van der Waals surface area (Å²) >= 11 is 0. The molecule has 11 heavy (non-hydrogen) atoms. The van der Waals surface area contributed by atoms with Gasteiger partial charge in [0.05, 0.1) is 17.6 Å². The van der Waals surface area contributed by atoms with Crippen LogP contribution in [0.5, 0.6) is 0 Å². The average molecular weight is 158 g/mol. The van der Waals surface area contributed by atoms with E-state index in [1.54, 1.807) is 0 Å². The lowest BCUT2D eigenvalue weighted by atomic mass is 9.64. The van der Waals surface area contributed by atoms with Gasteiger partial charge in [0.2, 0.25) is 0 Å². The third kappa shape index (κ3) is 1.19. The van der Waals surface area contributed by atoms with Crippen LogP contribution >= 0.6 is 0 Å². The maximum absolute atomic E-state index is 10.4. The molecule has 0 aromatic heterocycles. The van der Waals surface area contributed by atoms with Gasteiger partial charge >= 0.3 is 0 Å². The zero-order valence-electron chi connectivity index (χ0n) is 6.96. The molecule has 1 N–H and O–H groups in total. The van der Waals surface area contributed by atoms with E-state index in [0.717, 1.165) is 26.2 Å². The number of hydrogen-bond donors (Lipinski definition) is 1. The second-order valence-electron chi connectivity index (χ2n) is 3.57. The summed E-state index contributed by atoms with van der Waals surface area (Å²) in [5.74, 6) is 0. The fraction of sp³-hybridized carbons (Fsp3) is 0.875. The zero-order valence-corrected chi connectivity index (χ0v) is 6.96. The lowest BCUT2D eigenvalue weighted by Crippen LogP contribution is -2.42. The maximum Gasteiger partial charge on any atom is 0.128 e. The Morgan fingerprint density at radius 2 is 2.00 bits per heavy atom. The first-order valence-electron chi connectivity index (χ1n) is 3.73. The minimum atomic E-state index is -0.0608. The van der Waals surface area contributed by atoms with Crippen LogP contribution in [0.2, 0.25) is 0 Å². The number of carbonyl (C=O) groups excluding carboxylic acids is 1. The average Bonchev–Trinajstić information content (AvgIpc) is 2.46. The molecule has 0 radical (unpaired) electrons. The van der Waals surface area contributed by atoms with E-state index in [0.29, 0.717) is 6.61 Å². The van der Waals surface area contributed by atoms with Crippen molar-refractivity contribution >= 4 is 6.29 Å². The summed E-state index contributed by atoms with van der Waals surface area (Å²) in [4.78, 5) is 10.4. The van der Waals surface area contributed by atoms with Gasteiger partial charge in [-0.3, -0.25) is 0 Å². The highest BCUT2D eigenvalue weighted by atomic mass is 16.5. The lowest BCUT2D eigenvalue weighted by molar-refractivity contribution is -0.119. The number of rotatable bonds is 1. The van der Waals surface area contributed by atoms with Gasteiger partial charge in [0.1, 0.15) is 6.29 Å². The van der Waals surface area contributed by atoms with Crippen LogP contribution in [0.25, 0.3) is 0 Å². The Balaban J connectivity index is 0.000000281. The Morgan fingerprint density at radius 1 is 1.45 bits per heavy atom. The molecule has 3 rings (SSSR count). The van der Waals surface area contributed by atoms with E-state index >= 15 is 0 Å². The summed E-state index contributed by atoms with van der Waals surface area (Å²) in [7, 11) is 1.00. The minimum Gasteiger partial charge on any atom is -0.400 e. The molecule has 2 saturated heterocycles. The molecular weight excluding hydrogens is 144 g/mol. The van der Waals surface area contributed by atoms with E-state index in [9.17, 15) is 4.79 Å². The summed E-state index contributed by atoms with van der Waals surface area (Å²) in [6.07, 6.45) is 2.95. The van der Waals surface area contributed by atoms with E-state index in [-0.39, 0.29) is 11.0 Å². The van der Waals surface area contributed by atoms with E-state index in [1.165, 1.54) is 0 Å². The minimum absolute atomic E-state index is 0.0608. The van der Waals surface area contributed by atoms with E-state index in [1.807, 2.05) is 0 Å². The van der Waals surface area contributed by atoms with E-state index in [4.69, 9.17) is 9.84 Å². The Morgan fingerprint density at radius 3 is 2.18 bits per heavy atom. The molecule has 0 unspecified atom stereocenters. The molecule has 64 valence electrons. The van der Waals surface area contributed by atoms with E-state index in [2.05, 4.69) is 6.92 Å². The normalized spacial score (nSPS) is 45.4. The van der Waals surface area contributed by atoms with Crippen LogP contribution in [-0.2, 0) is 9.53 Å². The summed E-state index contributed by atoms with van der Waals surface area (Å²) < 4.78 is 5.38. The van der Waals surface area contributed by atoms with Gasteiger partial charge in [0.25, 0.3) is 0 Å². The van der Waals surface area contributed by atoms with Crippen molar-refractivity contribution in [2.45, 2.75) is 25.4 Å². The molecule has 3 fully saturated rings. The highest BCUT2D eigenvalue weighted by molar-refractivity contribution is 5.63. The third-order valence-corrected chi connectivity index (χ3v) is 2.41. The van der Waals surface area contributed by atoms with Gasteiger partial charge in [-0.15, -0.1) is 0 Å². The van der Waals surface area contributed by atoms with E-state index < -0.39 is 0 Å². The summed E-state index contributed by atoms with van der Waals surface area (Å²) in [5.41, 5.74) is 0.00958. The molecule has 2 bridgehead atoms. The SMILES string of the molecule is CC12CC(C=O)(CO1)C2.CO. The van der Waals surface area contributed by atoms with Gasteiger partial charge in [0.15, 0.2) is 0 Å². The number of aliphatic hydroxyl groups excluding tert-OH is 1. The highest BCUT2D eigenvalue weighted by Crippen LogP contribution is 2.56.